The molecule has 1 saturated heterocycles. The van der Waals surface area contributed by atoms with Crippen molar-refractivity contribution in [1.82, 2.24) is 19.4 Å². The second-order valence-corrected chi connectivity index (χ2v) is 6.65. The van der Waals surface area contributed by atoms with E-state index in [1.807, 2.05) is 40.1 Å². The van der Waals surface area contributed by atoms with Crippen LogP contribution in [-0.2, 0) is 0 Å². The number of rotatable bonds is 4. The molecule has 7 nitrogen and oxygen atoms in total. The molecule has 0 radical (unpaired) electrons. The number of piperazine rings is 1. The summed E-state index contributed by atoms with van der Waals surface area (Å²) in [4.78, 5) is 24.9. The number of aromatic nitrogens is 3. The molecule has 1 aliphatic rings. The zero-order chi connectivity index (χ0) is 21.1. The summed E-state index contributed by atoms with van der Waals surface area (Å²) >= 11 is 0. The Morgan fingerprint density at radius 2 is 1.60 bits per heavy atom. The van der Waals surface area contributed by atoms with Crippen LogP contribution >= 0.6 is 0 Å². The number of alkyl halides is 3. The van der Waals surface area contributed by atoms with E-state index in [-0.39, 0.29) is 5.56 Å². The molecule has 1 aromatic carbocycles. The molecular formula is C20H18F3N5O2. The number of hydrogen-bond donors (Lipinski definition) is 0. The van der Waals surface area contributed by atoms with Gasteiger partial charge in [-0.25, -0.2) is 9.97 Å². The number of carbonyl (C=O) groups excluding carboxylic acids is 1. The van der Waals surface area contributed by atoms with Crippen molar-refractivity contribution in [2.75, 3.05) is 31.1 Å². The normalized spacial score (nSPS) is 14.6. The lowest BCUT2D eigenvalue weighted by molar-refractivity contribution is -0.274. The fraction of sp³-hybridized carbons (Fsp3) is 0.250. The lowest BCUT2D eigenvalue weighted by Gasteiger charge is -2.35. The van der Waals surface area contributed by atoms with Crippen molar-refractivity contribution in [2.45, 2.75) is 6.36 Å². The average Bonchev–Trinajstić information content (AvgIpc) is 3.28. The fourth-order valence-corrected chi connectivity index (χ4v) is 3.30. The monoisotopic (exact) mass is 417 g/mol. The van der Waals surface area contributed by atoms with Gasteiger partial charge >= 0.3 is 6.36 Å². The van der Waals surface area contributed by atoms with Gasteiger partial charge in [0.1, 0.15) is 23.7 Å². The Hall–Kier alpha value is -3.56. The van der Waals surface area contributed by atoms with Crippen molar-refractivity contribution in [2.24, 2.45) is 0 Å². The minimum Gasteiger partial charge on any atom is -0.405 e. The molecule has 0 bridgehead atoms. The van der Waals surface area contributed by atoms with Gasteiger partial charge < -0.3 is 19.1 Å². The Labute approximate surface area is 170 Å². The van der Waals surface area contributed by atoms with Crippen molar-refractivity contribution in [3.63, 3.8) is 0 Å². The molecule has 0 N–H and O–H groups in total. The van der Waals surface area contributed by atoms with Gasteiger partial charge in [0.05, 0.1) is 5.56 Å². The molecule has 1 fully saturated rings. The van der Waals surface area contributed by atoms with Crippen LogP contribution in [0.15, 0.2) is 61.2 Å². The second-order valence-electron chi connectivity index (χ2n) is 6.65. The topological polar surface area (TPSA) is 63.5 Å². The maximum absolute atomic E-state index is 12.8. The standard InChI is InChI=1S/C20H18F3N5O2/c21-20(22,23)30-16-6-2-1-5-15(16)19(29)28-11-9-27(10-12-28)18-13-17(24-14-25-18)26-7-3-4-8-26/h1-8,13-14H,9-12H2. The maximum atomic E-state index is 12.8. The number of amides is 1. The molecule has 10 heteroatoms. The lowest BCUT2D eigenvalue weighted by Crippen LogP contribution is -2.49. The first kappa shape index (κ1) is 19.7. The number of benzene rings is 1. The molecule has 0 saturated carbocycles. The third-order valence-corrected chi connectivity index (χ3v) is 4.74. The molecule has 0 aliphatic carbocycles. The van der Waals surface area contributed by atoms with Gasteiger partial charge in [-0.15, -0.1) is 13.2 Å². The van der Waals surface area contributed by atoms with E-state index in [0.717, 1.165) is 17.7 Å². The van der Waals surface area contributed by atoms with Crippen molar-refractivity contribution < 1.29 is 22.7 Å². The predicted molar refractivity (Wildman–Crippen MR) is 103 cm³/mol. The summed E-state index contributed by atoms with van der Waals surface area (Å²) in [6.07, 6.45) is 0.374. The summed E-state index contributed by atoms with van der Waals surface area (Å²) in [6.45, 7) is 1.69. The van der Waals surface area contributed by atoms with Gasteiger partial charge in [0, 0.05) is 44.6 Å². The van der Waals surface area contributed by atoms with Gasteiger partial charge in [0.25, 0.3) is 5.91 Å². The molecule has 1 aliphatic heterocycles. The Morgan fingerprint density at radius 1 is 0.933 bits per heavy atom. The number of ether oxygens (including phenoxy) is 1. The van der Waals surface area contributed by atoms with Crippen molar-refractivity contribution in [3.05, 3.63) is 66.7 Å². The number of nitrogens with zero attached hydrogens (tertiary/aromatic N) is 5. The Balaban J connectivity index is 1.44. The number of para-hydroxylation sites is 1. The van der Waals surface area contributed by atoms with Crippen LogP contribution < -0.4 is 9.64 Å². The number of halogens is 3. The molecule has 2 aromatic heterocycles. The first-order valence-electron chi connectivity index (χ1n) is 9.25. The summed E-state index contributed by atoms with van der Waals surface area (Å²) in [7, 11) is 0. The maximum Gasteiger partial charge on any atom is 0.573 e. The van der Waals surface area contributed by atoms with E-state index >= 15 is 0 Å². The Bertz CT molecular complexity index is 1020. The van der Waals surface area contributed by atoms with Gasteiger partial charge in [0.2, 0.25) is 0 Å². The molecular weight excluding hydrogens is 399 g/mol. The van der Waals surface area contributed by atoms with Crippen LogP contribution in [0.1, 0.15) is 10.4 Å². The molecule has 1 amide bonds. The molecule has 30 heavy (non-hydrogen) atoms. The number of hydrogen-bond acceptors (Lipinski definition) is 5. The SMILES string of the molecule is O=C(c1ccccc1OC(F)(F)F)N1CCN(c2cc(-n3cccc3)ncn2)CC1. The van der Waals surface area contributed by atoms with Crippen LogP contribution in [0.25, 0.3) is 5.82 Å². The highest BCUT2D eigenvalue weighted by molar-refractivity contribution is 5.97. The fourth-order valence-electron chi connectivity index (χ4n) is 3.30. The minimum absolute atomic E-state index is 0.111. The summed E-state index contributed by atoms with van der Waals surface area (Å²) in [5.74, 6) is 0.457. The van der Waals surface area contributed by atoms with Crippen LogP contribution in [0.3, 0.4) is 0 Å². The second kappa shape index (κ2) is 8.05. The largest absolute Gasteiger partial charge is 0.573 e. The molecule has 3 aromatic rings. The van der Waals surface area contributed by atoms with Crippen LogP contribution in [0.4, 0.5) is 19.0 Å². The molecule has 4 rings (SSSR count). The molecule has 3 heterocycles. The summed E-state index contributed by atoms with van der Waals surface area (Å²) in [5.41, 5.74) is -0.111. The highest BCUT2D eigenvalue weighted by Crippen LogP contribution is 2.27. The van der Waals surface area contributed by atoms with Crippen LogP contribution in [-0.4, -0.2) is 57.9 Å². The summed E-state index contributed by atoms with van der Waals surface area (Å²) in [6, 6.07) is 11.0. The third-order valence-electron chi connectivity index (χ3n) is 4.74. The zero-order valence-electron chi connectivity index (χ0n) is 15.8. The van der Waals surface area contributed by atoms with Crippen LogP contribution in [0.5, 0.6) is 5.75 Å². The highest BCUT2D eigenvalue weighted by atomic mass is 19.4. The third kappa shape index (κ3) is 4.37. The van der Waals surface area contributed by atoms with E-state index < -0.39 is 18.0 Å². The van der Waals surface area contributed by atoms with E-state index in [9.17, 15) is 18.0 Å². The lowest BCUT2D eigenvalue weighted by atomic mass is 10.1. The summed E-state index contributed by atoms with van der Waals surface area (Å²) in [5, 5.41) is 0. The zero-order valence-corrected chi connectivity index (χ0v) is 15.8. The van der Waals surface area contributed by atoms with E-state index in [1.54, 1.807) is 0 Å². The molecule has 0 atom stereocenters. The van der Waals surface area contributed by atoms with E-state index in [2.05, 4.69) is 14.7 Å². The quantitative estimate of drug-likeness (QED) is 0.653. The molecule has 0 unspecified atom stereocenters. The smallest absolute Gasteiger partial charge is 0.405 e. The van der Waals surface area contributed by atoms with Gasteiger partial charge in [-0.3, -0.25) is 4.79 Å². The Kier molecular flexibility index (Phi) is 5.30. The van der Waals surface area contributed by atoms with E-state index in [4.69, 9.17) is 0 Å². The van der Waals surface area contributed by atoms with Gasteiger partial charge in [-0.2, -0.15) is 0 Å². The van der Waals surface area contributed by atoms with Crippen LogP contribution in [0, 0.1) is 0 Å². The predicted octanol–water partition coefficient (Wildman–Crippen LogP) is 3.13. The van der Waals surface area contributed by atoms with Crippen molar-refractivity contribution in [1.29, 1.82) is 0 Å². The Morgan fingerprint density at radius 3 is 2.30 bits per heavy atom. The average molecular weight is 417 g/mol. The van der Waals surface area contributed by atoms with Gasteiger partial charge in [-0.1, -0.05) is 12.1 Å². The minimum atomic E-state index is -4.86. The number of carbonyl (C=O) groups is 1. The van der Waals surface area contributed by atoms with Gasteiger partial charge in [-0.05, 0) is 24.3 Å². The van der Waals surface area contributed by atoms with E-state index in [1.165, 1.54) is 29.4 Å². The molecule has 0 spiro atoms. The van der Waals surface area contributed by atoms with Crippen molar-refractivity contribution in [3.8, 4) is 11.6 Å². The van der Waals surface area contributed by atoms with Crippen molar-refractivity contribution >= 4 is 11.7 Å². The molecule has 156 valence electrons. The van der Waals surface area contributed by atoms with Gasteiger partial charge in [0.15, 0.2) is 0 Å². The summed E-state index contributed by atoms with van der Waals surface area (Å²) < 4.78 is 43.8. The van der Waals surface area contributed by atoms with Crippen LogP contribution in [0.2, 0.25) is 0 Å². The highest BCUT2D eigenvalue weighted by Gasteiger charge is 2.34. The first-order valence-corrected chi connectivity index (χ1v) is 9.25. The van der Waals surface area contributed by atoms with E-state index in [0.29, 0.717) is 26.2 Å². The first-order chi connectivity index (χ1) is 14.4. The number of anilines is 1.